The quantitative estimate of drug-likeness (QED) is 0.672. The second-order valence-electron chi connectivity index (χ2n) is 4.32. The van der Waals surface area contributed by atoms with Gasteiger partial charge in [0.2, 0.25) is 0 Å². The molecule has 0 saturated carbocycles. The molecule has 0 spiro atoms. The molecule has 5 nitrogen and oxygen atoms in total. The van der Waals surface area contributed by atoms with E-state index in [2.05, 4.69) is 10.3 Å². The van der Waals surface area contributed by atoms with Crippen LogP contribution in [-0.4, -0.2) is 16.5 Å². The predicted octanol–water partition coefficient (Wildman–Crippen LogP) is 3.32. The molecule has 2 aromatic rings. The highest BCUT2D eigenvalue weighted by Gasteiger charge is 2.07. The van der Waals surface area contributed by atoms with Gasteiger partial charge in [0.25, 0.3) is 5.69 Å². The molecule has 0 saturated heterocycles. The van der Waals surface area contributed by atoms with E-state index in [4.69, 9.17) is 0 Å². The van der Waals surface area contributed by atoms with Crippen LogP contribution in [0.1, 0.15) is 16.3 Å². The molecule has 1 aromatic carbocycles. The third-order valence-electron chi connectivity index (χ3n) is 2.74. The van der Waals surface area contributed by atoms with E-state index in [0.717, 1.165) is 34.9 Å². The summed E-state index contributed by atoms with van der Waals surface area (Å²) in [5.74, 6) is 0. The Labute approximate surface area is 115 Å². The average Bonchev–Trinajstić information content (AvgIpc) is 2.77. The molecular formula is C13H15N3O2S. The number of nitrogens with one attached hydrogen (secondary N) is 1. The zero-order valence-electron chi connectivity index (χ0n) is 10.8. The van der Waals surface area contributed by atoms with Gasteiger partial charge in [0.15, 0.2) is 0 Å². The number of aromatic nitrogens is 1. The monoisotopic (exact) mass is 277 g/mol. The van der Waals surface area contributed by atoms with Crippen molar-refractivity contribution in [2.75, 3.05) is 11.9 Å². The number of aryl methyl sites for hydroxylation is 2. The van der Waals surface area contributed by atoms with Gasteiger partial charge in [-0.25, -0.2) is 4.98 Å². The van der Waals surface area contributed by atoms with Crippen LogP contribution in [0.2, 0.25) is 0 Å². The Morgan fingerprint density at radius 2 is 2.21 bits per heavy atom. The number of thiazole rings is 1. The van der Waals surface area contributed by atoms with E-state index in [1.54, 1.807) is 23.5 Å². The first kappa shape index (κ1) is 13.5. The Bertz CT molecular complexity index is 595. The number of non-ortho nitro benzene ring substituents is 1. The molecule has 0 unspecified atom stereocenters. The third-order valence-corrected chi connectivity index (χ3v) is 3.77. The van der Waals surface area contributed by atoms with Crippen molar-refractivity contribution in [3.8, 4) is 0 Å². The zero-order chi connectivity index (χ0) is 13.8. The fraction of sp³-hybridized carbons (Fsp3) is 0.308. The second-order valence-corrected chi connectivity index (χ2v) is 5.26. The summed E-state index contributed by atoms with van der Waals surface area (Å²) in [6.45, 7) is 4.61. The van der Waals surface area contributed by atoms with Gasteiger partial charge in [0.05, 0.1) is 9.93 Å². The van der Waals surface area contributed by atoms with Crippen molar-refractivity contribution < 1.29 is 4.92 Å². The Morgan fingerprint density at radius 3 is 2.79 bits per heavy atom. The van der Waals surface area contributed by atoms with Crippen LogP contribution in [-0.2, 0) is 6.42 Å². The summed E-state index contributed by atoms with van der Waals surface area (Å²) in [5, 5.41) is 17.1. The second kappa shape index (κ2) is 5.79. The van der Waals surface area contributed by atoms with Crippen LogP contribution in [0.5, 0.6) is 0 Å². The molecule has 0 aliphatic carbocycles. The summed E-state index contributed by atoms with van der Waals surface area (Å²) in [5.41, 5.74) is 2.98. The number of anilines is 1. The van der Waals surface area contributed by atoms with Gasteiger partial charge in [-0.05, 0) is 25.5 Å². The maximum absolute atomic E-state index is 10.6. The molecule has 0 amide bonds. The lowest BCUT2D eigenvalue weighted by atomic mass is 10.2. The lowest BCUT2D eigenvalue weighted by Crippen LogP contribution is -2.06. The fourth-order valence-electron chi connectivity index (χ4n) is 1.78. The topological polar surface area (TPSA) is 68.1 Å². The van der Waals surface area contributed by atoms with E-state index in [1.807, 2.05) is 19.2 Å². The van der Waals surface area contributed by atoms with Gasteiger partial charge in [0.1, 0.15) is 0 Å². The smallest absolute Gasteiger partial charge is 0.269 e. The molecule has 100 valence electrons. The van der Waals surface area contributed by atoms with Gasteiger partial charge in [-0.1, -0.05) is 0 Å². The first-order valence-electron chi connectivity index (χ1n) is 5.96. The SMILES string of the molecule is Cc1csc(CCNc2ccc([N+](=O)[O-])cc2C)n1. The molecule has 0 atom stereocenters. The highest BCUT2D eigenvalue weighted by Crippen LogP contribution is 2.21. The summed E-state index contributed by atoms with van der Waals surface area (Å²) in [6, 6.07) is 4.85. The van der Waals surface area contributed by atoms with Gasteiger partial charge < -0.3 is 5.32 Å². The minimum atomic E-state index is -0.380. The molecule has 1 heterocycles. The molecule has 0 aliphatic rings. The van der Waals surface area contributed by atoms with Gasteiger partial charge in [-0.15, -0.1) is 11.3 Å². The van der Waals surface area contributed by atoms with E-state index >= 15 is 0 Å². The Kier molecular flexibility index (Phi) is 4.11. The summed E-state index contributed by atoms with van der Waals surface area (Å²) in [4.78, 5) is 14.7. The summed E-state index contributed by atoms with van der Waals surface area (Å²) >= 11 is 1.65. The summed E-state index contributed by atoms with van der Waals surface area (Å²) < 4.78 is 0. The highest BCUT2D eigenvalue weighted by atomic mass is 32.1. The zero-order valence-corrected chi connectivity index (χ0v) is 11.7. The number of nitrogens with zero attached hydrogens (tertiary/aromatic N) is 2. The maximum Gasteiger partial charge on any atom is 0.269 e. The van der Waals surface area contributed by atoms with E-state index in [9.17, 15) is 10.1 Å². The first-order chi connectivity index (χ1) is 9.06. The number of benzene rings is 1. The normalized spacial score (nSPS) is 10.4. The molecule has 6 heteroatoms. The Hall–Kier alpha value is -1.95. The van der Waals surface area contributed by atoms with Crippen LogP contribution in [0.15, 0.2) is 23.6 Å². The van der Waals surface area contributed by atoms with Crippen LogP contribution in [0.25, 0.3) is 0 Å². The summed E-state index contributed by atoms with van der Waals surface area (Å²) in [6.07, 6.45) is 0.856. The number of nitro groups is 1. The van der Waals surface area contributed by atoms with Crippen molar-refractivity contribution in [1.82, 2.24) is 4.98 Å². The van der Waals surface area contributed by atoms with Crippen molar-refractivity contribution in [3.63, 3.8) is 0 Å². The van der Waals surface area contributed by atoms with Crippen molar-refractivity contribution >= 4 is 22.7 Å². The van der Waals surface area contributed by atoms with Crippen molar-refractivity contribution in [3.05, 3.63) is 50.0 Å². The van der Waals surface area contributed by atoms with Crippen LogP contribution < -0.4 is 5.32 Å². The molecule has 0 bridgehead atoms. The molecule has 19 heavy (non-hydrogen) atoms. The standard InChI is InChI=1S/C13H15N3O2S/c1-9-7-11(16(17)18)3-4-12(9)14-6-5-13-15-10(2)8-19-13/h3-4,7-8,14H,5-6H2,1-2H3. The van der Waals surface area contributed by atoms with Gasteiger partial charge in [0, 0.05) is 41.9 Å². The largest absolute Gasteiger partial charge is 0.384 e. The van der Waals surface area contributed by atoms with Crippen LogP contribution >= 0.6 is 11.3 Å². The highest BCUT2D eigenvalue weighted by molar-refractivity contribution is 7.09. The lowest BCUT2D eigenvalue weighted by molar-refractivity contribution is -0.384. The van der Waals surface area contributed by atoms with Crippen molar-refractivity contribution in [2.45, 2.75) is 20.3 Å². The Morgan fingerprint density at radius 1 is 1.42 bits per heavy atom. The van der Waals surface area contributed by atoms with Crippen molar-refractivity contribution in [2.24, 2.45) is 0 Å². The molecular weight excluding hydrogens is 262 g/mol. The fourth-order valence-corrected chi connectivity index (χ4v) is 2.56. The first-order valence-corrected chi connectivity index (χ1v) is 6.84. The van der Waals surface area contributed by atoms with Gasteiger partial charge >= 0.3 is 0 Å². The maximum atomic E-state index is 10.6. The number of hydrogen-bond donors (Lipinski definition) is 1. The molecule has 1 aromatic heterocycles. The van der Waals surface area contributed by atoms with Crippen LogP contribution in [0, 0.1) is 24.0 Å². The molecule has 0 fully saturated rings. The third kappa shape index (κ3) is 3.51. The molecule has 1 N–H and O–H groups in total. The van der Waals surface area contributed by atoms with Gasteiger partial charge in [-0.2, -0.15) is 0 Å². The average molecular weight is 277 g/mol. The summed E-state index contributed by atoms with van der Waals surface area (Å²) in [7, 11) is 0. The minimum Gasteiger partial charge on any atom is -0.384 e. The van der Waals surface area contributed by atoms with Crippen molar-refractivity contribution in [1.29, 1.82) is 0 Å². The van der Waals surface area contributed by atoms with Crippen LogP contribution in [0.4, 0.5) is 11.4 Å². The molecule has 2 rings (SSSR count). The number of nitro benzene ring substituents is 1. The number of hydrogen-bond acceptors (Lipinski definition) is 5. The Balaban J connectivity index is 1.94. The van der Waals surface area contributed by atoms with E-state index in [-0.39, 0.29) is 10.6 Å². The van der Waals surface area contributed by atoms with E-state index < -0.39 is 0 Å². The minimum absolute atomic E-state index is 0.124. The van der Waals surface area contributed by atoms with Crippen LogP contribution in [0.3, 0.4) is 0 Å². The van der Waals surface area contributed by atoms with Gasteiger partial charge in [-0.3, -0.25) is 10.1 Å². The molecule has 0 aliphatic heterocycles. The van der Waals surface area contributed by atoms with E-state index in [0.29, 0.717) is 0 Å². The van der Waals surface area contributed by atoms with E-state index in [1.165, 1.54) is 6.07 Å². The lowest BCUT2D eigenvalue weighted by Gasteiger charge is -2.08. The predicted molar refractivity (Wildman–Crippen MR) is 76.9 cm³/mol. The molecule has 0 radical (unpaired) electrons. The number of rotatable bonds is 5.